The molecule has 6 aromatic rings. The van der Waals surface area contributed by atoms with Gasteiger partial charge in [0.05, 0.1) is 39.0 Å². The molecule has 0 saturated carbocycles. The molecule has 0 saturated heterocycles. The SMILES string of the molecule is COc1cccc2oc(-c3nc4ccccc4c(=O)n3N=Cc3cc(Br)c(OCc4ccc(F)cc4)c([N+](=O)[O-])c3)cc12. The lowest BCUT2D eigenvalue weighted by atomic mass is 10.2. The number of aromatic nitrogens is 2. The Hall–Kier alpha value is -5.36. The third-order valence-corrected chi connectivity index (χ3v) is 7.17. The van der Waals surface area contributed by atoms with Gasteiger partial charge < -0.3 is 13.9 Å². The molecule has 0 amide bonds. The van der Waals surface area contributed by atoms with E-state index < -0.39 is 16.3 Å². The molecule has 0 aliphatic heterocycles. The molecule has 4 aromatic carbocycles. The number of fused-ring (bicyclic) bond motifs is 2. The molecule has 0 atom stereocenters. The van der Waals surface area contributed by atoms with Gasteiger partial charge >= 0.3 is 5.69 Å². The summed E-state index contributed by atoms with van der Waals surface area (Å²) in [6.45, 7) is -0.0169. The molecule has 214 valence electrons. The molecule has 0 spiro atoms. The van der Waals surface area contributed by atoms with Crippen molar-refractivity contribution >= 4 is 49.7 Å². The number of halogens is 2. The second-order valence-corrected chi connectivity index (χ2v) is 10.2. The van der Waals surface area contributed by atoms with Gasteiger partial charge in [-0.2, -0.15) is 9.78 Å². The summed E-state index contributed by atoms with van der Waals surface area (Å²) < 4.78 is 31.8. The van der Waals surface area contributed by atoms with E-state index in [2.05, 4.69) is 26.0 Å². The van der Waals surface area contributed by atoms with E-state index >= 15 is 0 Å². The second kappa shape index (κ2) is 11.5. The van der Waals surface area contributed by atoms with Crippen LogP contribution in [0, 0.1) is 15.9 Å². The first-order chi connectivity index (χ1) is 20.8. The molecule has 10 nitrogen and oxygen atoms in total. The fourth-order valence-electron chi connectivity index (χ4n) is 4.53. The molecule has 6 rings (SSSR count). The van der Waals surface area contributed by atoms with Gasteiger partial charge in [-0.15, -0.1) is 0 Å². The Kier molecular flexibility index (Phi) is 7.43. The van der Waals surface area contributed by atoms with E-state index in [1.54, 1.807) is 61.7 Å². The Bertz CT molecular complexity index is 2110. The zero-order valence-corrected chi connectivity index (χ0v) is 23.9. The minimum absolute atomic E-state index is 0.00655. The number of nitro benzene ring substituents is 1. The van der Waals surface area contributed by atoms with Gasteiger partial charge in [0.2, 0.25) is 11.6 Å². The van der Waals surface area contributed by atoms with E-state index in [0.29, 0.717) is 43.2 Å². The van der Waals surface area contributed by atoms with Crippen molar-refractivity contribution in [1.29, 1.82) is 0 Å². The Morgan fingerprint density at radius 3 is 2.63 bits per heavy atom. The summed E-state index contributed by atoms with van der Waals surface area (Å²) in [5.41, 5.74) is 1.13. The van der Waals surface area contributed by atoms with Gasteiger partial charge in [-0.1, -0.05) is 30.3 Å². The number of ether oxygens (including phenoxy) is 2. The average molecular weight is 643 g/mol. The predicted molar refractivity (Wildman–Crippen MR) is 162 cm³/mol. The fraction of sp³-hybridized carbons (Fsp3) is 0.0645. The van der Waals surface area contributed by atoms with E-state index in [0.717, 1.165) is 4.68 Å². The molecular weight excluding hydrogens is 623 g/mol. The van der Waals surface area contributed by atoms with Crippen molar-refractivity contribution in [3.63, 3.8) is 0 Å². The van der Waals surface area contributed by atoms with Crippen LogP contribution in [0.1, 0.15) is 11.1 Å². The third kappa shape index (κ3) is 5.47. The van der Waals surface area contributed by atoms with Crippen LogP contribution in [-0.4, -0.2) is 27.9 Å². The average Bonchev–Trinajstić information content (AvgIpc) is 3.45. The van der Waals surface area contributed by atoms with Gasteiger partial charge in [-0.3, -0.25) is 14.9 Å². The van der Waals surface area contributed by atoms with Crippen LogP contribution in [0.3, 0.4) is 0 Å². The zero-order chi connectivity index (χ0) is 30.1. The number of benzene rings is 4. The molecule has 0 bridgehead atoms. The monoisotopic (exact) mass is 642 g/mol. The summed E-state index contributed by atoms with van der Waals surface area (Å²) in [7, 11) is 1.55. The number of nitro groups is 1. The minimum Gasteiger partial charge on any atom is -0.496 e. The quantitative estimate of drug-likeness (QED) is 0.0986. The number of furan rings is 1. The van der Waals surface area contributed by atoms with Crippen LogP contribution in [-0.2, 0) is 6.61 Å². The molecule has 0 aliphatic carbocycles. The maximum absolute atomic E-state index is 13.6. The highest BCUT2D eigenvalue weighted by Crippen LogP contribution is 2.37. The smallest absolute Gasteiger partial charge is 0.312 e. The van der Waals surface area contributed by atoms with Gasteiger partial charge in [0.1, 0.15) is 23.8 Å². The number of hydrogen-bond acceptors (Lipinski definition) is 8. The van der Waals surface area contributed by atoms with Crippen molar-refractivity contribution in [3.8, 4) is 23.1 Å². The number of rotatable bonds is 8. The summed E-state index contributed by atoms with van der Waals surface area (Å²) in [6, 6.07) is 22.4. The lowest BCUT2D eigenvalue weighted by molar-refractivity contribution is -0.386. The molecule has 2 heterocycles. The molecule has 0 radical (unpaired) electrons. The van der Waals surface area contributed by atoms with Crippen LogP contribution in [0.5, 0.6) is 11.5 Å². The van der Waals surface area contributed by atoms with E-state index in [1.165, 1.54) is 36.5 Å². The molecule has 43 heavy (non-hydrogen) atoms. The summed E-state index contributed by atoms with van der Waals surface area (Å²) in [5, 5.41) is 17.4. The first-order valence-corrected chi connectivity index (χ1v) is 13.6. The Morgan fingerprint density at radius 1 is 1.07 bits per heavy atom. The Balaban J connectivity index is 1.42. The third-order valence-electron chi connectivity index (χ3n) is 6.58. The van der Waals surface area contributed by atoms with Crippen molar-refractivity contribution in [3.05, 3.63) is 127 Å². The molecular formula is C31H20BrFN4O6. The predicted octanol–water partition coefficient (Wildman–Crippen LogP) is 7.09. The second-order valence-electron chi connectivity index (χ2n) is 9.32. The topological polar surface area (TPSA) is 122 Å². The van der Waals surface area contributed by atoms with Crippen molar-refractivity contribution in [2.45, 2.75) is 6.61 Å². The fourth-order valence-corrected chi connectivity index (χ4v) is 5.11. The van der Waals surface area contributed by atoms with Crippen molar-refractivity contribution in [2.75, 3.05) is 7.11 Å². The largest absolute Gasteiger partial charge is 0.496 e. The van der Waals surface area contributed by atoms with Gasteiger partial charge in [0.25, 0.3) is 5.56 Å². The number of hydrogen-bond donors (Lipinski definition) is 0. The highest BCUT2D eigenvalue weighted by Gasteiger charge is 2.21. The van der Waals surface area contributed by atoms with E-state index in [9.17, 15) is 19.3 Å². The normalized spacial score (nSPS) is 11.4. The molecule has 2 aromatic heterocycles. The van der Waals surface area contributed by atoms with E-state index in [4.69, 9.17) is 13.9 Å². The highest BCUT2D eigenvalue weighted by atomic mass is 79.9. The molecule has 0 fully saturated rings. The van der Waals surface area contributed by atoms with Gasteiger partial charge in [-0.05, 0) is 70.0 Å². The molecule has 0 unspecified atom stereocenters. The van der Waals surface area contributed by atoms with Crippen LogP contribution in [0.25, 0.3) is 33.5 Å². The van der Waals surface area contributed by atoms with Gasteiger partial charge in [0.15, 0.2) is 5.76 Å². The van der Waals surface area contributed by atoms with E-state index in [1.807, 2.05) is 0 Å². The van der Waals surface area contributed by atoms with Crippen LogP contribution in [0.15, 0.2) is 104 Å². The zero-order valence-electron chi connectivity index (χ0n) is 22.4. The number of para-hydroxylation sites is 1. The molecule has 12 heteroatoms. The lowest BCUT2D eigenvalue weighted by Gasteiger charge is -2.10. The standard InChI is InChI=1S/C31H20BrFN4O6/c1-41-26-7-4-8-27-22(26)15-28(43-27)30-35-24-6-3-2-5-21(24)31(38)36(30)34-16-19-13-23(32)29(25(14-19)37(39)40)42-17-18-9-11-20(33)12-10-18/h2-16H,17H2,1H3. The van der Waals surface area contributed by atoms with E-state index in [-0.39, 0.29) is 29.6 Å². The first-order valence-electron chi connectivity index (χ1n) is 12.8. The summed E-state index contributed by atoms with van der Waals surface area (Å²) in [6.07, 6.45) is 1.31. The number of nitrogens with zero attached hydrogens (tertiary/aromatic N) is 4. The lowest BCUT2D eigenvalue weighted by Crippen LogP contribution is -2.20. The van der Waals surface area contributed by atoms with Crippen LogP contribution in [0.4, 0.5) is 10.1 Å². The van der Waals surface area contributed by atoms with Crippen molar-refractivity contribution in [1.82, 2.24) is 9.66 Å². The maximum atomic E-state index is 13.6. The maximum Gasteiger partial charge on any atom is 0.312 e. The Labute approximate surface area is 250 Å². The summed E-state index contributed by atoms with van der Waals surface area (Å²) in [4.78, 5) is 29.6. The van der Waals surface area contributed by atoms with Gasteiger partial charge in [0, 0.05) is 11.6 Å². The van der Waals surface area contributed by atoms with Crippen molar-refractivity contribution in [2.24, 2.45) is 5.10 Å². The summed E-state index contributed by atoms with van der Waals surface area (Å²) in [5.74, 6) is 0.586. The molecule has 0 N–H and O–H groups in total. The van der Waals surface area contributed by atoms with Crippen molar-refractivity contribution < 1.29 is 23.2 Å². The minimum atomic E-state index is -0.584. The number of methoxy groups -OCH3 is 1. The Morgan fingerprint density at radius 2 is 1.86 bits per heavy atom. The first kappa shape index (κ1) is 27.8. The molecule has 0 aliphatic rings. The highest BCUT2D eigenvalue weighted by molar-refractivity contribution is 9.10. The summed E-state index contributed by atoms with van der Waals surface area (Å²) >= 11 is 3.35. The van der Waals surface area contributed by atoms with Crippen LogP contribution < -0.4 is 15.0 Å². The van der Waals surface area contributed by atoms with Crippen LogP contribution in [0.2, 0.25) is 0 Å². The van der Waals surface area contributed by atoms with Gasteiger partial charge in [-0.25, -0.2) is 9.37 Å². The van der Waals surface area contributed by atoms with Crippen LogP contribution >= 0.6 is 15.9 Å².